The third-order valence-corrected chi connectivity index (χ3v) is 4.14. The van der Waals surface area contributed by atoms with Crippen molar-refractivity contribution in [2.24, 2.45) is 0 Å². The highest BCUT2D eigenvalue weighted by atomic mass is 32.2. The lowest BCUT2D eigenvalue weighted by atomic mass is 10.1. The smallest absolute Gasteiger partial charge is 0.227 e. The summed E-state index contributed by atoms with van der Waals surface area (Å²) in [5.74, 6) is 1.20. The number of benzene rings is 1. The van der Waals surface area contributed by atoms with Gasteiger partial charge in [-0.05, 0) is 36.2 Å². The number of rotatable bonds is 4. The molecule has 0 saturated heterocycles. The Hall–Kier alpha value is -1.79. The van der Waals surface area contributed by atoms with Crippen LogP contribution in [0.5, 0.6) is 0 Å². The molecular formula is C15H18N4OS. The maximum absolute atomic E-state index is 11.2. The Morgan fingerprint density at radius 2 is 2.14 bits per heavy atom. The van der Waals surface area contributed by atoms with Gasteiger partial charge in [-0.2, -0.15) is 0 Å². The zero-order valence-corrected chi connectivity index (χ0v) is 12.7. The molecule has 5 nitrogen and oxygen atoms in total. The summed E-state index contributed by atoms with van der Waals surface area (Å²) in [6.45, 7) is 1.79. The van der Waals surface area contributed by atoms with Crippen LogP contribution in [0.4, 0.5) is 11.6 Å². The minimum Gasteiger partial charge on any atom is -0.324 e. The fourth-order valence-electron chi connectivity index (χ4n) is 2.34. The number of nitrogens with one attached hydrogen (secondary N) is 2. The molecule has 0 spiro atoms. The molecule has 21 heavy (non-hydrogen) atoms. The number of anilines is 2. The van der Waals surface area contributed by atoms with E-state index in [0.717, 1.165) is 36.5 Å². The minimum atomic E-state index is -0.815. The van der Waals surface area contributed by atoms with Gasteiger partial charge in [-0.1, -0.05) is 12.1 Å². The van der Waals surface area contributed by atoms with E-state index in [4.69, 9.17) is 0 Å². The Balaban J connectivity index is 1.72. The van der Waals surface area contributed by atoms with E-state index in [2.05, 4.69) is 20.6 Å². The van der Waals surface area contributed by atoms with Crippen molar-refractivity contribution in [1.82, 2.24) is 15.3 Å². The highest BCUT2D eigenvalue weighted by Crippen LogP contribution is 2.17. The molecule has 1 unspecified atom stereocenters. The SMILES string of the molecule is CS(=O)Cc1ccc(Nc2ncc3c(n2)CNCC3)cc1. The molecule has 1 atom stereocenters. The maximum atomic E-state index is 11.2. The lowest BCUT2D eigenvalue weighted by Gasteiger charge is -2.16. The van der Waals surface area contributed by atoms with Crippen molar-refractivity contribution in [2.75, 3.05) is 18.1 Å². The number of hydrogen-bond donors (Lipinski definition) is 2. The van der Waals surface area contributed by atoms with Crippen LogP contribution in [0.25, 0.3) is 0 Å². The number of nitrogens with zero attached hydrogens (tertiary/aromatic N) is 2. The van der Waals surface area contributed by atoms with Gasteiger partial charge in [-0.25, -0.2) is 9.97 Å². The molecule has 0 aliphatic carbocycles. The molecule has 0 radical (unpaired) electrons. The summed E-state index contributed by atoms with van der Waals surface area (Å²) in [4.78, 5) is 8.91. The third kappa shape index (κ3) is 3.65. The van der Waals surface area contributed by atoms with Crippen LogP contribution in [-0.2, 0) is 29.5 Å². The molecule has 2 N–H and O–H groups in total. The van der Waals surface area contributed by atoms with Gasteiger partial charge >= 0.3 is 0 Å². The molecule has 6 heteroatoms. The van der Waals surface area contributed by atoms with Crippen molar-refractivity contribution < 1.29 is 4.21 Å². The average molecular weight is 302 g/mol. The standard InChI is InChI=1S/C15H18N4OS/c1-21(20)10-11-2-4-13(5-3-11)18-15-17-8-12-6-7-16-9-14(12)19-15/h2-5,8,16H,6-7,9-10H2,1H3,(H,17,18,19). The van der Waals surface area contributed by atoms with Gasteiger partial charge in [0.15, 0.2) is 0 Å². The summed E-state index contributed by atoms with van der Waals surface area (Å²) in [6.07, 6.45) is 4.60. The number of fused-ring (bicyclic) bond motifs is 1. The van der Waals surface area contributed by atoms with Crippen molar-refractivity contribution in [3.8, 4) is 0 Å². The molecule has 0 bridgehead atoms. The Labute approximate surface area is 126 Å². The monoisotopic (exact) mass is 302 g/mol. The molecule has 1 aromatic carbocycles. The van der Waals surface area contributed by atoms with E-state index in [1.54, 1.807) is 6.26 Å². The second-order valence-electron chi connectivity index (χ2n) is 5.13. The summed E-state index contributed by atoms with van der Waals surface area (Å²) in [5, 5.41) is 6.52. The van der Waals surface area contributed by atoms with Crippen molar-refractivity contribution in [3.63, 3.8) is 0 Å². The van der Waals surface area contributed by atoms with Crippen LogP contribution in [-0.4, -0.2) is 27.0 Å². The average Bonchev–Trinajstić information content (AvgIpc) is 2.49. The second-order valence-corrected chi connectivity index (χ2v) is 6.57. The Morgan fingerprint density at radius 1 is 1.33 bits per heavy atom. The lowest BCUT2D eigenvalue weighted by molar-refractivity contribution is 0.624. The van der Waals surface area contributed by atoms with Crippen LogP contribution >= 0.6 is 0 Å². The fourth-order valence-corrected chi connectivity index (χ4v) is 3.00. The van der Waals surface area contributed by atoms with Crippen molar-refractivity contribution >= 4 is 22.4 Å². The van der Waals surface area contributed by atoms with Crippen molar-refractivity contribution in [3.05, 3.63) is 47.3 Å². The molecule has 2 heterocycles. The van der Waals surface area contributed by atoms with E-state index >= 15 is 0 Å². The first-order chi connectivity index (χ1) is 10.2. The normalized spacial score (nSPS) is 15.3. The zero-order chi connectivity index (χ0) is 14.7. The fraction of sp³-hybridized carbons (Fsp3) is 0.333. The van der Waals surface area contributed by atoms with E-state index in [0.29, 0.717) is 11.7 Å². The molecule has 1 aliphatic heterocycles. The van der Waals surface area contributed by atoms with Gasteiger partial charge in [0.1, 0.15) is 0 Å². The summed E-state index contributed by atoms with van der Waals surface area (Å²) in [5.41, 5.74) is 4.29. The van der Waals surface area contributed by atoms with Gasteiger partial charge in [0.25, 0.3) is 0 Å². The van der Waals surface area contributed by atoms with E-state index in [9.17, 15) is 4.21 Å². The first kappa shape index (κ1) is 14.2. The molecule has 3 rings (SSSR count). The highest BCUT2D eigenvalue weighted by Gasteiger charge is 2.11. The van der Waals surface area contributed by atoms with Crippen LogP contribution < -0.4 is 10.6 Å². The molecule has 0 amide bonds. The summed E-state index contributed by atoms with van der Waals surface area (Å²) in [6, 6.07) is 7.87. The van der Waals surface area contributed by atoms with E-state index in [-0.39, 0.29) is 0 Å². The van der Waals surface area contributed by atoms with E-state index in [1.807, 2.05) is 30.5 Å². The first-order valence-corrected chi connectivity index (χ1v) is 8.65. The van der Waals surface area contributed by atoms with Gasteiger partial charge in [-0.15, -0.1) is 0 Å². The zero-order valence-electron chi connectivity index (χ0n) is 11.9. The van der Waals surface area contributed by atoms with Gasteiger partial charge < -0.3 is 10.6 Å². The van der Waals surface area contributed by atoms with Crippen LogP contribution in [0.2, 0.25) is 0 Å². The van der Waals surface area contributed by atoms with Crippen LogP contribution in [0, 0.1) is 0 Å². The molecule has 110 valence electrons. The number of hydrogen-bond acceptors (Lipinski definition) is 5. The third-order valence-electron chi connectivity index (χ3n) is 3.40. The maximum Gasteiger partial charge on any atom is 0.227 e. The molecule has 0 fully saturated rings. The van der Waals surface area contributed by atoms with Crippen LogP contribution in [0.15, 0.2) is 30.5 Å². The second kappa shape index (κ2) is 6.32. The molecule has 0 saturated carbocycles. The predicted molar refractivity (Wildman–Crippen MR) is 84.9 cm³/mol. The Bertz CT molecular complexity index is 657. The van der Waals surface area contributed by atoms with Gasteiger partial charge in [0.05, 0.1) is 5.69 Å². The van der Waals surface area contributed by atoms with E-state index < -0.39 is 10.8 Å². The van der Waals surface area contributed by atoms with Crippen LogP contribution in [0.1, 0.15) is 16.8 Å². The molecule has 2 aromatic rings. The lowest BCUT2D eigenvalue weighted by Crippen LogP contribution is -2.25. The quantitative estimate of drug-likeness (QED) is 0.900. The van der Waals surface area contributed by atoms with Crippen LogP contribution in [0.3, 0.4) is 0 Å². The Morgan fingerprint density at radius 3 is 2.90 bits per heavy atom. The topological polar surface area (TPSA) is 66.9 Å². The largest absolute Gasteiger partial charge is 0.324 e. The van der Waals surface area contributed by atoms with Crippen molar-refractivity contribution in [2.45, 2.75) is 18.7 Å². The van der Waals surface area contributed by atoms with Crippen molar-refractivity contribution in [1.29, 1.82) is 0 Å². The Kier molecular flexibility index (Phi) is 4.26. The molecule has 1 aromatic heterocycles. The van der Waals surface area contributed by atoms with Gasteiger partial charge in [0.2, 0.25) is 5.95 Å². The molecular weight excluding hydrogens is 284 g/mol. The highest BCUT2D eigenvalue weighted by molar-refractivity contribution is 7.83. The van der Waals surface area contributed by atoms with Gasteiger partial charge in [0, 0.05) is 41.2 Å². The van der Waals surface area contributed by atoms with Gasteiger partial charge in [-0.3, -0.25) is 4.21 Å². The number of aromatic nitrogens is 2. The summed E-state index contributed by atoms with van der Waals surface area (Å²) in [7, 11) is -0.815. The first-order valence-electron chi connectivity index (χ1n) is 6.92. The summed E-state index contributed by atoms with van der Waals surface area (Å²) >= 11 is 0. The molecule has 1 aliphatic rings. The summed E-state index contributed by atoms with van der Waals surface area (Å²) < 4.78 is 11.2. The predicted octanol–water partition coefficient (Wildman–Crippen LogP) is 1.74. The minimum absolute atomic E-state index is 0.585. The van der Waals surface area contributed by atoms with E-state index in [1.165, 1.54) is 5.56 Å².